The summed E-state index contributed by atoms with van der Waals surface area (Å²) in [5, 5.41) is 9.64. The lowest BCUT2D eigenvalue weighted by Gasteiger charge is -2.27. The van der Waals surface area contributed by atoms with E-state index in [0.717, 1.165) is 50.0 Å². The molecular formula is C16H31IN6S. The van der Waals surface area contributed by atoms with Crippen LogP contribution < -0.4 is 5.73 Å². The Bertz CT molecular complexity index is 511. The summed E-state index contributed by atoms with van der Waals surface area (Å²) in [5.41, 5.74) is 6.09. The van der Waals surface area contributed by atoms with E-state index in [2.05, 4.69) is 38.5 Å². The van der Waals surface area contributed by atoms with Crippen molar-refractivity contribution in [2.75, 3.05) is 25.9 Å². The van der Waals surface area contributed by atoms with Crippen LogP contribution in [0.2, 0.25) is 0 Å². The first-order chi connectivity index (χ1) is 11.1. The van der Waals surface area contributed by atoms with E-state index in [-0.39, 0.29) is 24.0 Å². The smallest absolute Gasteiger partial charge is 0.191 e. The second kappa shape index (κ2) is 11.2. The largest absolute Gasteiger partial charge is 0.370 e. The number of aliphatic imine (C=N–C) groups is 1. The van der Waals surface area contributed by atoms with Crippen LogP contribution in [-0.2, 0) is 13.0 Å². The van der Waals surface area contributed by atoms with E-state index in [9.17, 15) is 0 Å². The maximum absolute atomic E-state index is 6.09. The zero-order valence-corrected chi connectivity index (χ0v) is 18.2. The summed E-state index contributed by atoms with van der Waals surface area (Å²) in [6.45, 7) is 8.27. The van der Waals surface area contributed by atoms with E-state index < -0.39 is 0 Å². The summed E-state index contributed by atoms with van der Waals surface area (Å²) in [5.74, 6) is 2.36. The zero-order chi connectivity index (χ0) is 16.7. The van der Waals surface area contributed by atoms with Crippen molar-refractivity contribution < 1.29 is 0 Å². The van der Waals surface area contributed by atoms with Gasteiger partial charge in [-0.1, -0.05) is 25.6 Å². The van der Waals surface area contributed by atoms with Crippen molar-refractivity contribution in [3.05, 3.63) is 5.82 Å². The lowest BCUT2D eigenvalue weighted by atomic mass is 10.1. The molecule has 1 aromatic heterocycles. The van der Waals surface area contributed by atoms with Crippen molar-refractivity contribution >= 4 is 41.7 Å². The van der Waals surface area contributed by atoms with Crippen molar-refractivity contribution in [1.29, 1.82) is 0 Å². The molecule has 1 aliphatic rings. The summed E-state index contributed by atoms with van der Waals surface area (Å²) in [6, 6.07) is 0. The standard InChI is InChI=1S/C16H30N6S.HI/c1-13(2)12-22-14(19-20-16(22)23-3)8-7-9-18-15(17)21-10-5-4-6-11-21;/h13H,4-12H2,1-3H3,(H2,17,18);1H. The predicted molar refractivity (Wildman–Crippen MR) is 112 cm³/mol. The predicted octanol–water partition coefficient (Wildman–Crippen LogP) is 3.01. The molecule has 2 N–H and O–H groups in total. The molecule has 0 saturated carbocycles. The normalized spacial score (nSPS) is 15.7. The summed E-state index contributed by atoms with van der Waals surface area (Å²) in [6.07, 6.45) is 7.68. The summed E-state index contributed by atoms with van der Waals surface area (Å²) in [7, 11) is 0. The first-order valence-electron chi connectivity index (χ1n) is 8.62. The van der Waals surface area contributed by atoms with Crippen molar-refractivity contribution in [2.24, 2.45) is 16.6 Å². The van der Waals surface area contributed by atoms with Gasteiger partial charge in [-0.3, -0.25) is 4.99 Å². The van der Waals surface area contributed by atoms with E-state index in [0.29, 0.717) is 11.9 Å². The number of hydrogen-bond donors (Lipinski definition) is 1. The molecule has 1 aromatic rings. The minimum atomic E-state index is 0. The van der Waals surface area contributed by atoms with Gasteiger partial charge >= 0.3 is 0 Å². The summed E-state index contributed by atoms with van der Waals surface area (Å²) < 4.78 is 2.24. The Hall–Kier alpha value is -0.510. The van der Waals surface area contributed by atoms with Gasteiger partial charge in [-0.15, -0.1) is 34.2 Å². The van der Waals surface area contributed by atoms with E-state index in [1.54, 1.807) is 11.8 Å². The highest BCUT2D eigenvalue weighted by molar-refractivity contribution is 14.0. The van der Waals surface area contributed by atoms with Crippen molar-refractivity contribution in [3.8, 4) is 0 Å². The molecule has 2 heterocycles. The van der Waals surface area contributed by atoms with Crippen LogP contribution in [-0.4, -0.2) is 51.5 Å². The highest BCUT2D eigenvalue weighted by Gasteiger charge is 2.13. The minimum Gasteiger partial charge on any atom is -0.370 e. The summed E-state index contributed by atoms with van der Waals surface area (Å²) >= 11 is 1.66. The second-order valence-corrected chi connectivity index (χ2v) is 7.27. The number of aryl methyl sites for hydroxylation is 1. The molecule has 0 aliphatic carbocycles. The maximum Gasteiger partial charge on any atom is 0.191 e. The highest BCUT2D eigenvalue weighted by atomic mass is 127. The Balaban J connectivity index is 0.00000288. The number of hydrogen-bond acceptors (Lipinski definition) is 4. The van der Waals surface area contributed by atoms with Crippen LogP contribution in [0.15, 0.2) is 10.1 Å². The molecule has 138 valence electrons. The summed E-state index contributed by atoms with van der Waals surface area (Å²) in [4.78, 5) is 6.74. The molecular weight excluding hydrogens is 435 g/mol. The number of nitrogens with two attached hydrogens (primary N) is 1. The molecule has 1 saturated heterocycles. The van der Waals surface area contributed by atoms with Crippen LogP contribution in [0.5, 0.6) is 0 Å². The Labute approximate surface area is 167 Å². The SMILES string of the molecule is CSc1nnc(CCCN=C(N)N2CCCCC2)n1CC(C)C.I. The van der Waals surface area contributed by atoms with E-state index in [1.807, 2.05) is 6.26 Å². The fourth-order valence-corrected chi connectivity index (χ4v) is 3.38. The number of halogens is 1. The van der Waals surface area contributed by atoms with Crippen LogP contribution in [0.4, 0.5) is 0 Å². The number of piperidine rings is 1. The van der Waals surface area contributed by atoms with Crippen LogP contribution >= 0.6 is 35.7 Å². The lowest BCUT2D eigenvalue weighted by Crippen LogP contribution is -2.40. The quantitative estimate of drug-likeness (QED) is 0.220. The number of nitrogens with zero attached hydrogens (tertiary/aromatic N) is 5. The van der Waals surface area contributed by atoms with Crippen LogP contribution in [0.25, 0.3) is 0 Å². The van der Waals surface area contributed by atoms with Gasteiger partial charge in [0.15, 0.2) is 11.1 Å². The van der Waals surface area contributed by atoms with Gasteiger partial charge < -0.3 is 15.2 Å². The van der Waals surface area contributed by atoms with Gasteiger partial charge in [-0.05, 0) is 37.9 Å². The third-order valence-electron chi connectivity index (χ3n) is 4.04. The molecule has 0 amide bonds. The topological polar surface area (TPSA) is 72.3 Å². The minimum absolute atomic E-state index is 0. The average molecular weight is 466 g/mol. The van der Waals surface area contributed by atoms with Crippen LogP contribution in [0.1, 0.15) is 45.4 Å². The molecule has 24 heavy (non-hydrogen) atoms. The number of likely N-dealkylation sites (tertiary alicyclic amines) is 1. The van der Waals surface area contributed by atoms with Gasteiger partial charge in [0.1, 0.15) is 5.82 Å². The van der Waals surface area contributed by atoms with Gasteiger partial charge in [-0.25, -0.2) is 0 Å². The number of aromatic nitrogens is 3. The average Bonchev–Trinajstić information content (AvgIpc) is 2.93. The first-order valence-corrected chi connectivity index (χ1v) is 9.85. The fourth-order valence-electron chi connectivity index (χ4n) is 2.86. The van der Waals surface area contributed by atoms with Gasteiger partial charge in [0, 0.05) is 32.6 Å². The number of rotatable bonds is 7. The molecule has 1 fully saturated rings. The highest BCUT2D eigenvalue weighted by Crippen LogP contribution is 2.16. The zero-order valence-electron chi connectivity index (χ0n) is 15.1. The first kappa shape index (κ1) is 21.5. The Kier molecular flexibility index (Phi) is 10.0. The molecule has 0 radical (unpaired) electrons. The van der Waals surface area contributed by atoms with E-state index in [1.165, 1.54) is 19.3 Å². The molecule has 0 unspecified atom stereocenters. The van der Waals surface area contributed by atoms with E-state index >= 15 is 0 Å². The van der Waals surface area contributed by atoms with Crippen LogP contribution in [0, 0.1) is 5.92 Å². The van der Waals surface area contributed by atoms with Crippen molar-refractivity contribution in [1.82, 2.24) is 19.7 Å². The second-order valence-electron chi connectivity index (χ2n) is 6.50. The third kappa shape index (κ3) is 6.42. The molecule has 0 spiro atoms. The van der Waals surface area contributed by atoms with Gasteiger partial charge in [0.2, 0.25) is 0 Å². The van der Waals surface area contributed by atoms with Crippen LogP contribution in [0.3, 0.4) is 0 Å². The Morgan fingerprint density at radius 1 is 1.25 bits per heavy atom. The van der Waals surface area contributed by atoms with Gasteiger partial charge in [-0.2, -0.15) is 0 Å². The molecule has 2 rings (SSSR count). The monoisotopic (exact) mass is 466 g/mol. The molecule has 1 aliphatic heterocycles. The van der Waals surface area contributed by atoms with Crippen molar-refractivity contribution in [2.45, 2.75) is 57.7 Å². The molecule has 0 bridgehead atoms. The van der Waals surface area contributed by atoms with Crippen molar-refractivity contribution in [3.63, 3.8) is 0 Å². The fraction of sp³-hybridized carbons (Fsp3) is 0.812. The third-order valence-corrected chi connectivity index (χ3v) is 4.70. The molecule has 0 atom stereocenters. The molecule has 0 aromatic carbocycles. The van der Waals surface area contributed by atoms with E-state index in [4.69, 9.17) is 5.73 Å². The van der Waals surface area contributed by atoms with Gasteiger partial charge in [0.05, 0.1) is 0 Å². The van der Waals surface area contributed by atoms with Gasteiger partial charge in [0.25, 0.3) is 0 Å². The Morgan fingerprint density at radius 2 is 1.96 bits per heavy atom. The number of guanidine groups is 1. The molecule has 6 nitrogen and oxygen atoms in total. The lowest BCUT2D eigenvalue weighted by molar-refractivity contribution is 0.338. The Morgan fingerprint density at radius 3 is 2.58 bits per heavy atom. The maximum atomic E-state index is 6.09. The molecule has 8 heteroatoms. The number of thioether (sulfide) groups is 1.